The van der Waals surface area contributed by atoms with Crippen LogP contribution in [0.2, 0.25) is 10.0 Å². The molecule has 1 N–H and O–H groups in total. The molecule has 42 heavy (non-hydrogen) atoms. The molecule has 0 fully saturated rings. The first-order valence-corrected chi connectivity index (χ1v) is 16.0. The molecule has 0 radical (unpaired) electrons. The molecule has 3 rings (SSSR count). The van der Waals surface area contributed by atoms with Crippen LogP contribution in [0.15, 0.2) is 71.6 Å². The van der Waals surface area contributed by atoms with E-state index >= 15 is 0 Å². The number of amides is 2. The molecule has 226 valence electrons. The van der Waals surface area contributed by atoms with E-state index in [1.165, 1.54) is 17.0 Å². The maximum Gasteiger partial charge on any atom is 0.264 e. The van der Waals surface area contributed by atoms with Crippen LogP contribution in [-0.2, 0) is 26.2 Å². The summed E-state index contributed by atoms with van der Waals surface area (Å²) in [6.07, 6.45) is 1.68. The number of hydrogen-bond donors (Lipinski definition) is 1. The van der Waals surface area contributed by atoms with Crippen molar-refractivity contribution in [2.45, 2.75) is 58.0 Å². The van der Waals surface area contributed by atoms with Gasteiger partial charge in [-0.05, 0) is 81.3 Å². The Kier molecular flexibility index (Phi) is 12.1. The van der Waals surface area contributed by atoms with Gasteiger partial charge in [-0.15, -0.1) is 0 Å². The van der Waals surface area contributed by atoms with Gasteiger partial charge in [0.05, 0.1) is 17.2 Å². The van der Waals surface area contributed by atoms with Gasteiger partial charge in [-0.1, -0.05) is 60.3 Å². The molecule has 0 saturated carbocycles. The van der Waals surface area contributed by atoms with E-state index in [0.717, 1.165) is 22.7 Å². The van der Waals surface area contributed by atoms with E-state index < -0.39 is 28.5 Å². The highest BCUT2D eigenvalue weighted by molar-refractivity contribution is 7.92. The lowest BCUT2D eigenvalue weighted by Gasteiger charge is -2.32. The van der Waals surface area contributed by atoms with Gasteiger partial charge in [0.25, 0.3) is 10.0 Å². The van der Waals surface area contributed by atoms with E-state index in [-0.39, 0.29) is 23.0 Å². The number of carbonyl (C=O) groups is 2. The topological polar surface area (TPSA) is 96.0 Å². The number of aryl methyl sites for hydroxylation is 1. The van der Waals surface area contributed by atoms with Crippen molar-refractivity contribution >= 4 is 50.7 Å². The molecular formula is C31H37Cl2N3O5S. The second-order valence-corrected chi connectivity index (χ2v) is 12.5. The minimum atomic E-state index is -4.17. The van der Waals surface area contributed by atoms with Crippen LogP contribution in [0.4, 0.5) is 5.69 Å². The van der Waals surface area contributed by atoms with E-state index in [1.54, 1.807) is 61.5 Å². The maximum atomic E-state index is 14.0. The van der Waals surface area contributed by atoms with Gasteiger partial charge in [-0.3, -0.25) is 13.9 Å². The van der Waals surface area contributed by atoms with Crippen LogP contribution in [-0.4, -0.2) is 50.9 Å². The molecule has 0 bridgehead atoms. The number of nitrogens with one attached hydrogen (secondary N) is 1. The van der Waals surface area contributed by atoms with Crippen molar-refractivity contribution in [1.29, 1.82) is 0 Å². The summed E-state index contributed by atoms with van der Waals surface area (Å²) in [5, 5.41) is 3.62. The lowest BCUT2D eigenvalue weighted by atomic mass is 10.1. The number of sulfonamides is 1. The molecule has 0 unspecified atom stereocenters. The Bertz CT molecular complexity index is 1460. The van der Waals surface area contributed by atoms with Gasteiger partial charge in [-0.2, -0.15) is 0 Å². The summed E-state index contributed by atoms with van der Waals surface area (Å²) in [6, 6.07) is 16.9. The van der Waals surface area contributed by atoms with Gasteiger partial charge in [0.1, 0.15) is 18.3 Å². The zero-order valence-corrected chi connectivity index (χ0v) is 26.6. The Hall–Kier alpha value is -3.27. The summed E-state index contributed by atoms with van der Waals surface area (Å²) >= 11 is 12.5. The molecule has 3 aromatic carbocycles. The molecule has 0 aliphatic rings. The van der Waals surface area contributed by atoms with E-state index in [1.807, 2.05) is 20.8 Å². The molecule has 0 heterocycles. The molecule has 11 heteroatoms. The molecule has 3 aromatic rings. The molecule has 0 spiro atoms. The Labute approximate surface area is 258 Å². The SMILES string of the molecule is CCCCNC(=O)[C@@H](C)N(Cc1ccc(Cl)cc1Cl)C(=O)CN(c1ccc(OCC)cc1)S(=O)(=O)c1ccc(C)cc1. The van der Waals surface area contributed by atoms with Gasteiger partial charge < -0.3 is 15.0 Å². The van der Waals surface area contributed by atoms with Crippen LogP contribution in [0.1, 0.15) is 44.7 Å². The van der Waals surface area contributed by atoms with Crippen molar-refractivity contribution in [3.8, 4) is 5.75 Å². The van der Waals surface area contributed by atoms with Crippen molar-refractivity contribution in [2.24, 2.45) is 0 Å². The minimum Gasteiger partial charge on any atom is -0.494 e. The first-order valence-electron chi connectivity index (χ1n) is 13.8. The molecule has 2 amide bonds. The second kappa shape index (κ2) is 15.3. The molecule has 1 atom stereocenters. The number of anilines is 1. The van der Waals surface area contributed by atoms with Gasteiger partial charge in [0.2, 0.25) is 11.8 Å². The summed E-state index contributed by atoms with van der Waals surface area (Å²) < 4.78 is 34.5. The summed E-state index contributed by atoms with van der Waals surface area (Å²) in [4.78, 5) is 28.5. The molecule has 0 aromatic heterocycles. The summed E-state index contributed by atoms with van der Waals surface area (Å²) in [6.45, 7) is 7.66. The fraction of sp³-hybridized carbons (Fsp3) is 0.355. The fourth-order valence-corrected chi connectivity index (χ4v) is 6.08. The highest BCUT2D eigenvalue weighted by Gasteiger charge is 2.32. The van der Waals surface area contributed by atoms with Gasteiger partial charge in [0.15, 0.2) is 0 Å². The third-order valence-corrected chi connectivity index (χ3v) is 9.05. The third kappa shape index (κ3) is 8.63. The fourth-order valence-electron chi connectivity index (χ4n) is 4.19. The average molecular weight is 635 g/mol. The lowest BCUT2D eigenvalue weighted by Crippen LogP contribution is -2.51. The Morgan fingerprint density at radius 2 is 1.64 bits per heavy atom. The number of ether oxygens (including phenoxy) is 1. The molecule has 8 nitrogen and oxygen atoms in total. The first-order chi connectivity index (χ1) is 20.0. The van der Waals surface area contributed by atoms with Crippen LogP contribution >= 0.6 is 23.2 Å². The van der Waals surface area contributed by atoms with Crippen molar-refractivity contribution < 1.29 is 22.7 Å². The van der Waals surface area contributed by atoms with Crippen molar-refractivity contribution in [1.82, 2.24) is 10.2 Å². The molecular weight excluding hydrogens is 597 g/mol. The number of carbonyl (C=O) groups excluding carboxylic acids is 2. The van der Waals surface area contributed by atoms with Gasteiger partial charge in [-0.25, -0.2) is 8.42 Å². The smallest absolute Gasteiger partial charge is 0.264 e. The number of nitrogens with zero attached hydrogens (tertiary/aromatic N) is 2. The van der Waals surface area contributed by atoms with E-state index in [9.17, 15) is 18.0 Å². The van der Waals surface area contributed by atoms with Gasteiger partial charge in [0, 0.05) is 23.1 Å². The van der Waals surface area contributed by atoms with E-state index in [2.05, 4.69) is 5.32 Å². The van der Waals surface area contributed by atoms with Crippen LogP contribution in [0.3, 0.4) is 0 Å². The Morgan fingerprint density at radius 3 is 2.24 bits per heavy atom. The molecule has 0 aliphatic heterocycles. The number of benzene rings is 3. The average Bonchev–Trinajstić information content (AvgIpc) is 2.96. The number of halogens is 2. The number of hydrogen-bond acceptors (Lipinski definition) is 5. The number of unbranched alkanes of at least 4 members (excludes halogenated alkanes) is 1. The Morgan fingerprint density at radius 1 is 0.976 bits per heavy atom. The largest absolute Gasteiger partial charge is 0.494 e. The van der Waals surface area contributed by atoms with Gasteiger partial charge >= 0.3 is 0 Å². The zero-order chi connectivity index (χ0) is 30.9. The summed E-state index contributed by atoms with van der Waals surface area (Å²) in [5.41, 5.74) is 1.74. The quantitative estimate of drug-likeness (QED) is 0.212. The van der Waals surface area contributed by atoms with Crippen molar-refractivity contribution in [3.05, 3.63) is 87.9 Å². The maximum absolute atomic E-state index is 14.0. The lowest BCUT2D eigenvalue weighted by molar-refractivity contribution is -0.139. The summed E-state index contributed by atoms with van der Waals surface area (Å²) in [5.74, 6) is -0.365. The standard InChI is InChI=1S/C31H37Cl2N3O5S/c1-5-7-18-34-31(38)23(4)35(20-24-10-11-25(32)19-29(24)33)30(37)21-36(26-12-14-27(15-13-26)41-6-2)42(39,40)28-16-8-22(3)9-17-28/h8-17,19,23H,5-7,18,20-21H2,1-4H3,(H,34,38)/t23-/m1/s1. The predicted octanol–water partition coefficient (Wildman–Crippen LogP) is 6.23. The highest BCUT2D eigenvalue weighted by atomic mass is 35.5. The zero-order valence-electron chi connectivity index (χ0n) is 24.3. The highest BCUT2D eigenvalue weighted by Crippen LogP contribution is 2.28. The van der Waals surface area contributed by atoms with Crippen LogP contribution < -0.4 is 14.4 Å². The monoisotopic (exact) mass is 633 g/mol. The minimum absolute atomic E-state index is 0.0289. The van der Waals surface area contributed by atoms with Crippen molar-refractivity contribution in [3.63, 3.8) is 0 Å². The third-order valence-electron chi connectivity index (χ3n) is 6.68. The molecule has 0 aliphatic carbocycles. The van der Waals surface area contributed by atoms with E-state index in [4.69, 9.17) is 27.9 Å². The normalized spacial score (nSPS) is 12.0. The van der Waals surface area contributed by atoms with E-state index in [0.29, 0.717) is 34.5 Å². The van der Waals surface area contributed by atoms with Crippen LogP contribution in [0.5, 0.6) is 5.75 Å². The Balaban J connectivity index is 2.03. The van der Waals surface area contributed by atoms with Crippen molar-refractivity contribution in [2.75, 3.05) is 24.0 Å². The summed E-state index contributed by atoms with van der Waals surface area (Å²) in [7, 11) is -4.17. The first kappa shape index (κ1) is 33.2. The second-order valence-electron chi connectivity index (χ2n) is 9.83. The predicted molar refractivity (Wildman–Crippen MR) is 168 cm³/mol. The molecule has 0 saturated heterocycles. The number of rotatable bonds is 14. The van der Waals surface area contributed by atoms with Crippen LogP contribution in [0, 0.1) is 6.92 Å². The van der Waals surface area contributed by atoms with Crippen LogP contribution in [0.25, 0.3) is 0 Å².